The first-order valence-electron chi connectivity index (χ1n) is 10.8. The number of hydrogen-bond acceptors (Lipinski definition) is 5. The number of carbonyl (C=O) groups is 2. The van der Waals surface area contributed by atoms with Crippen molar-refractivity contribution < 1.29 is 14.3 Å². The van der Waals surface area contributed by atoms with Gasteiger partial charge in [-0.1, -0.05) is 48.0 Å². The fourth-order valence-electron chi connectivity index (χ4n) is 3.97. The largest absolute Gasteiger partial charge is 0.465 e. The number of nitrogens with zero attached hydrogens (tertiary/aromatic N) is 2. The first-order chi connectivity index (χ1) is 16.0. The molecular weight excluding hydrogens is 438 g/mol. The van der Waals surface area contributed by atoms with E-state index in [1.165, 1.54) is 12.7 Å². The number of ether oxygens (including phenoxy) is 1. The van der Waals surface area contributed by atoms with Crippen LogP contribution in [0.3, 0.4) is 0 Å². The third-order valence-corrected chi connectivity index (χ3v) is 5.95. The van der Waals surface area contributed by atoms with E-state index in [4.69, 9.17) is 16.3 Å². The molecule has 0 atom stereocenters. The van der Waals surface area contributed by atoms with Gasteiger partial charge in [-0.3, -0.25) is 9.69 Å². The van der Waals surface area contributed by atoms with Crippen LogP contribution in [0.2, 0.25) is 5.02 Å². The summed E-state index contributed by atoms with van der Waals surface area (Å²) in [6.07, 6.45) is 0. The van der Waals surface area contributed by atoms with E-state index < -0.39 is 5.97 Å². The monoisotopic (exact) mass is 463 g/mol. The highest BCUT2D eigenvalue weighted by Crippen LogP contribution is 2.29. The van der Waals surface area contributed by atoms with E-state index in [0.717, 1.165) is 38.4 Å². The molecule has 33 heavy (non-hydrogen) atoms. The number of nitrogens with one attached hydrogen (secondary N) is 1. The second kappa shape index (κ2) is 10.5. The van der Waals surface area contributed by atoms with E-state index in [1.807, 2.05) is 12.1 Å². The normalized spacial score (nSPS) is 14.1. The second-order valence-electron chi connectivity index (χ2n) is 7.94. The Hall–Kier alpha value is -3.35. The van der Waals surface area contributed by atoms with Crippen molar-refractivity contribution in [2.24, 2.45) is 0 Å². The van der Waals surface area contributed by atoms with Crippen molar-refractivity contribution in [3.8, 4) is 0 Å². The molecule has 0 radical (unpaired) electrons. The van der Waals surface area contributed by atoms with Crippen molar-refractivity contribution in [1.82, 2.24) is 4.90 Å². The van der Waals surface area contributed by atoms with Crippen LogP contribution in [0.5, 0.6) is 0 Å². The molecule has 6 nitrogen and oxygen atoms in total. The first-order valence-corrected chi connectivity index (χ1v) is 11.2. The number of amides is 1. The van der Waals surface area contributed by atoms with Crippen LogP contribution in [-0.4, -0.2) is 50.1 Å². The third-order valence-electron chi connectivity index (χ3n) is 5.71. The average molecular weight is 464 g/mol. The summed E-state index contributed by atoms with van der Waals surface area (Å²) in [6.45, 7) is 4.33. The molecule has 170 valence electrons. The van der Waals surface area contributed by atoms with Crippen LogP contribution in [0.1, 0.15) is 26.3 Å². The lowest BCUT2D eigenvalue weighted by molar-refractivity contribution is 0.0600. The van der Waals surface area contributed by atoms with Gasteiger partial charge in [0, 0.05) is 43.3 Å². The molecule has 1 fully saturated rings. The molecule has 0 unspecified atom stereocenters. The van der Waals surface area contributed by atoms with Crippen molar-refractivity contribution in [1.29, 1.82) is 0 Å². The van der Waals surface area contributed by atoms with Gasteiger partial charge >= 0.3 is 5.97 Å². The minimum absolute atomic E-state index is 0.288. The van der Waals surface area contributed by atoms with E-state index in [-0.39, 0.29) is 5.91 Å². The predicted octanol–water partition coefficient (Wildman–Crippen LogP) is 4.70. The Kier molecular flexibility index (Phi) is 7.27. The SMILES string of the molecule is COC(=O)c1ccc(N2CCN(Cc3ccccc3)CC2)c(NC(=O)c2cccc(Cl)c2)c1. The van der Waals surface area contributed by atoms with Gasteiger partial charge in [-0.05, 0) is 42.0 Å². The standard InChI is InChI=1S/C26H26ClN3O3/c1-33-26(32)21-10-11-24(23(17-21)28-25(31)20-8-5-9-22(27)16-20)30-14-12-29(13-15-30)18-19-6-3-2-4-7-19/h2-11,16-17H,12-15,18H2,1H3,(H,28,31). The lowest BCUT2D eigenvalue weighted by atomic mass is 10.1. The number of esters is 1. The summed E-state index contributed by atoms with van der Waals surface area (Å²) in [5.41, 5.74) is 3.56. The van der Waals surface area contributed by atoms with E-state index in [2.05, 4.69) is 39.4 Å². The minimum atomic E-state index is -0.451. The molecule has 1 amide bonds. The minimum Gasteiger partial charge on any atom is -0.465 e. The van der Waals surface area contributed by atoms with Gasteiger partial charge in [-0.2, -0.15) is 0 Å². The Morgan fingerprint density at radius 2 is 1.67 bits per heavy atom. The topological polar surface area (TPSA) is 61.9 Å². The molecule has 0 spiro atoms. The summed E-state index contributed by atoms with van der Waals surface area (Å²) in [5.74, 6) is -0.740. The molecule has 3 aromatic rings. The van der Waals surface area contributed by atoms with E-state index in [9.17, 15) is 9.59 Å². The highest BCUT2D eigenvalue weighted by atomic mass is 35.5. The van der Waals surface area contributed by atoms with Gasteiger partial charge in [-0.25, -0.2) is 4.79 Å². The summed E-state index contributed by atoms with van der Waals surface area (Å²) in [4.78, 5) is 29.6. The van der Waals surface area contributed by atoms with Crippen molar-refractivity contribution in [2.45, 2.75) is 6.54 Å². The van der Waals surface area contributed by atoms with E-state index in [0.29, 0.717) is 21.8 Å². The molecule has 0 saturated carbocycles. The molecule has 7 heteroatoms. The Labute approximate surface area is 198 Å². The molecule has 1 aliphatic rings. The molecule has 1 heterocycles. The number of piperazine rings is 1. The van der Waals surface area contributed by atoms with Gasteiger partial charge in [0.25, 0.3) is 5.91 Å². The van der Waals surface area contributed by atoms with Crippen LogP contribution >= 0.6 is 11.6 Å². The van der Waals surface area contributed by atoms with Crippen LogP contribution in [0, 0.1) is 0 Å². The quantitative estimate of drug-likeness (QED) is 0.537. The molecule has 1 N–H and O–H groups in total. The molecule has 1 aliphatic heterocycles. The maximum atomic E-state index is 12.9. The highest BCUT2D eigenvalue weighted by Gasteiger charge is 2.22. The Morgan fingerprint density at radius 3 is 2.36 bits per heavy atom. The number of rotatable bonds is 6. The third kappa shape index (κ3) is 5.72. The molecule has 0 aromatic heterocycles. The summed E-state index contributed by atoms with van der Waals surface area (Å²) >= 11 is 6.05. The van der Waals surface area contributed by atoms with Crippen LogP contribution in [0.25, 0.3) is 0 Å². The number of anilines is 2. The summed E-state index contributed by atoms with van der Waals surface area (Å²) in [5, 5.41) is 3.45. The molecule has 0 aliphatic carbocycles. The van der Waals surface area contributed by atoms with Gasteiger partial charge in [0.05, 0.1) is 24.0 Å². The zero-order valence-electron chi connectivity index (χ0n) is 18.5. The van der Waals surface area contributed by atoms with Crippen LogP contribution in [0.4, 0.5) is 11.4 Å². The van der Waals surface area contributed by atoms with Crippen molar-refractivity contribution >= 4 is 34.9 Å². The molecule has 4 rings (SSSR count). The molecule has 1 saturated heterocycles. The number of benzene rings is 3. The fourth-order valence-corrected chi connectivity index (χ4v) is 4.16. The summed E-state index contributed by atoms with van der Waals surface area (Å²) in [6, 6.07) is 22.5. The Morgan fingerprint density at radius 1 is 0.909 bits per heavy atom. The van der Waals surface area contributed by atoms with Crippen LogP contribution < -0.4 is 10.2 Å². The van der Waals surface area contributed by atoms with Gasteiger partial charge in [-0.15, -0.1) is 0 Å². The van der Waals surface area contributed by atoms with Crippen LogP contribution in [0.15, 0.2) is 72.8 Å². The van der Waals surface area contributed by atoms with Gasteiger partial charge < -0.3 is 15.0 Å². The van der Waals surface area contributed by atoms with E-state index in [1.54, 1.807) is 36.4 Å². The number of hydrogen-bond donors (Lipinski definition) is 1. The number of methoxy groups -OCH3 is 1. The zero-order chi connectivity index (χ0) is 23.2. The smallest absolute Gasteiger partial charge is 0.337 e. The Bertz CT molecular complexity index is 1130. The zero-order valence-corrected chi connectivity index (χ0v) is 19.2. The van der Waals surface area contributed by atoms with Crippen molar-refractivity contribution in [2.75, 3.05) is 43.5 Å². The maximum absolute atomic E-state index is 12.9. The van der Waals surface area contributed by atoms with Gasteiger partial charge in [0.15, 0.2) is 0 Å². The Balaban J connectivity index is 1.52. The molecule has 0 bridgehead atoms. The maximum Gasteiger partial charge on any atom is 0.337 e. The lowest BCUT2D eigenvalue weighted by Gasteiger charge is -2.37. The van der Waals surface area contributed by atoms with Gasteiger partial charge in [0.1, 0.15) is 0 Å². The van der Waals surface area contributed by atoms with Gasteiger partial charge in [0.2, 0.25) is 0 Å². The van der Waals surface area contributed by atoms with Crippen molar-refractivity contribution in [3.63, 3.8) is 0 Å². The molecule has 3 aromatic carbocycles. The lowest BCUT2D eigenvalue weighted by Crippen LogP contribution is -2.46. The molecular formula is C26H26ClN3O3. The summed E-state index contributed by atoms with van der Waals surface area (Å²) < 4.78 is 4.86. The predicted molar refractivity (Wildman–Crippen MR) is 131 cm³/mol. The summed E-state index contributed by atoms with van der Waals surface area (Å²) in [7, 11) is 1.34. The number of halogens is 1. The highest BCUT2D eigenvalue weighted by molar-refractivity contribution is 6.31. The van der Waals surface area contributed by atoms with Crippen molar-refractivity contribution in [3.05, 3.63) is 94.5 Å². The average Bonchev–Trinajstić information content (AvgIpc) is 2.85. The van der Waals surface area contributed by atoms with Crippen LogP contribution in [-0.2, 0) is 11.3 Å². The fraction of sp³-hybridized carbons (Fsp3) is 0.231. The van der Waals surface area contributed by atoms with E-state index >= 15 is 0 Å². The number of carbonyl (C=O) groups excluding carboxylic acids is 2. The first kappa shape index (κ1) is 22.8. The second-order valence-corrected chi connectivity index (χ2v) is 8.37.